The lowest BCUT2D eigenvalue weighted by molar-refractivity contribution is -0.384. The first-order valence-corrected chi connectivity index (χ1v) is 8.44. The summed E-state index contributed by atoms with van der Waals surface area (Å²) in [5.74, 6) is -0.484. The molecule has 7 heteroatoms. The first-order chi connectivity index (χ1) is 12.0. The normalized spacial score (nSPS) is 10.4. The van der Waals surface area contributed by atoms with Crippen molar-refractivity contribution < 1.29 is 9.72 Å². The van der Waals surface area contributed by atoms with E-state index < -0.39 is 10.8 Å². The quantitative estimate of drug-likeness (QED) is 0.571. The first-order valence-electron chi connectivity index (χ1n) is 8.06. The highest BCUT2D eigenvalue weighted by Gasteiger charge is 2.16. The predicted octanol–water partition coefficient (Wildman–Crippen LogP) is 4.74. The zero-order valence-electron chi connectivity index (χ0n) is 14.2. The SMILES string of the molecule is CCCN(CC)c1ccc(NC(=O)c2cc([N+](=O)[O-])ccc2Cl)cc1. The third-order valence-corrected chi connectivity index (χ3v) is 4.10. The zero-order chi connectivity index (χ0) is 18.4. The maximum atomic E-state index is 12.4. The van der Waals surface area contributed by atoms with Gasteiger partial charge >= 0.3 is 0 Å². The number of nitro benzene ring substituents is 1. The number of nitro groups is 1. The van der Waals surface area contributed by atoms with Gasteiger partial charge in [-0.2, -0.15) is 0 Å². The molecule has 1 amide bonds. The van der Waals surface area contributed by atoms with Crippen LogP contribution in [0.15, 0.2) is 42.5 Å². The number of halogens is 1. The van der Waals surface area contributed by atoms with Crippen molar-refractivity contribution in [2.45, 2.75) is 20.3 Å². The molecule has 0 unspecified atom stereocenters. The van der Waals surface area contributed by atoms with Crippen molar-refractivity contribution in [1.29, 1.82) is 0 Å². The third kappa shape index (κ3) is 4.70. The van der Waals surface area contributed by atoms with Gasteiger partial charge in [0.15, 0.2) is 0 Å². The largest absolute Gasteiger partial charge is 0.372 e. The summed E-state index contributed by atoms with van der Waals surface area (Å²) >= 11 is 5.99. The Morgan fingerprint density at radius 3 is 2.44 bits per heavy atom. The second-order valence-corrected chi connectivity index (χ2v) is 5.91. The van der Waals surface area contributed by atoms with E-state index in [1.165, 1.54) is 18.2 Å². The average molecular weight is 362 g/mol. The van der Waals surface area contributed by atoms with Crippen LogP contribution in [0.25, 0.3) is 0 Å². The molecule has 25 heavy (non-hydrogen) atoms. The minimum atomic E-state index is -0.561. The Balaban J connectivity index is 2.16. The van der Waals surface area contributed by atoms with Crippen LogP contribution in [0.2, 0.25) is 5.02 Å². The van der Waals surface area contributed by atoms with E-state index in [0.717, 1.165) is 25.2 Å². The highest BCUT2D eigenvalue weighted by molar-refractivity contribution is 6.34. The molecule has 0 saturated heterocycles. The zero-order valence-corrected chi connectivity index (χ0v) is 14.9. The van der Waals surface area contributed by atoms with Crippen molar-refractivity contribution in [3.63, 3.8) is 0 Å². The highest BCUT2D eigenvalue weighted by Crippen LogP contribution is 2.24. The Hall–Kier alpha value is -2.60. The average Bonchev–Trinajstić information content (AvgIpc) is 2.60. The number of nitrogens with one attached hydrogen (secondary N) is 1. The fourth-order valence-electron chi connectivity index (χ4n) is 2.49. The van der Waals surface area contributed by atoms with E-state index in [-0.39, 0.29) is 16.3 Å². The molecular formula is C18H20ClN3O3. The smallest absolute Gasteiger partial charge is 0.270 e. The van der Waals surface area contributed by atoms with Crippen LogP contribution in [0.4, 0.5) is 17.1 Å². The number of carbonyl (C=O) groups excluding carboxylic acids is 1. The van der Waals surface area contributed by atoms with Gasteiger partial charge in [-0.1, -0.05) is 18.5 Å². The molecule has 0 aliphatic heterocycles. The molecule has 0 atom stereocenters. The second kappa shape index (κ2) is 8.48. The van der Waals surface area contributed by atoms with Gasteiger partial charge in [-0.3, -0.25) is 14.9 Å². The summed E-state index contributed by atoms with van der Waals surface area (Å²) in [5, 5.41) is 13.7. The topological polar surface area (TPSA) is 75.5 Å². The van der Waals surface area contributed by atoms with Crippen molar-refractivity contribution >= 4 is 34.6 Å². The Bertz CT molecular complexity index is 763. The molecule has 2 aromatic carbocycles. The number of nitrogens with zero attached hydrogens (tertiary/aromatic N) is 2. The van der Waals surface area contributed by atoms with Gasteiger partial charge < -0.3 is 10.2 Å². The Kier molecular flexibility index (Phi) is 6.36. The lowest BCUT2D eigenvalue weighted by atomic mass is 10.1. The summed E-state index contributed by atoms with van der Waals surface area (Å²) in [7, 11) is 0. The van der Waals surface area contributed by atoms with Gasteiger partial charge in [0.25, 0.3) is 11.6 Å². The van der Waals surface area contributed by atoms with Crippen LogP contribution in [-0.2, 0) is 0 Å². The van der Waals surface area contributed by atoms with E-state index >= 15 is 0 Å². The van der Waals surface area contributed by atoms with E-state index in [9.17, 15) is 14.9 Å². The van der Waals surface area contributed by atoms with Gasteiger partial charge in [-0.25, -0.2) is 0 Å². The number of amides is 1. The number of rotatable bonds is 7. The molecule has 0 saturated carbocycles. The second-order valence-electron chi connectivity index (χ2n) is 5.50. The highest BCUT2D eigenvalue weighted by atomic mass is 35.5. The van der Waals surface area contributed by atoms with Crippen LogP contribution < -0.4 is 10.2 Å². The minimum Gasteiger partial charge on any atom is -0.372 e. The van der Waals surface area contributed by atoms with Crippen LogP contribution in [0.5, 0.6) is 0 Å². The molecule has 0 radical (unpaired) electrons. The van der Waals surface area contributed by atoms with Gasteiger partial charge in [0.05, 0.1) is 15.5 Å². The third-order valence-electron chi connectivity index (χ3n) is 3.77. The summed E-state index contributed by atoms with van der Waals surface area (Å²) in [5.41, 5.74) is 1.57. The van der Waals surface area contributed by atoms with Gasteiger partial charge in [0.2, 0.25) is 0 Å². The van der Waals surface area contributed by atoms with Crippen molar-refractivity contribution in [3.8, 4) is 0 Å². The summed E-state index contributed by atoms with van der Waals surface area (Å²) in [4.78, 5) is 24.9. The van der Waals surface area contributed by atoms with Gasteiger partial charge in [-0.05, 0) is 43.7 Å². The fraction of sp³-hybridized carbons (Fsp3) is 0.278. The molecule has 0 aromatic heterocycles. The lowest BCUT2D eigenvalue weighted by Crippen LogP contribution is -2.23. The Morgan fingerprint density at radius 1 is 1.20 bits per heavy atom. The summed E-state index contributed by atoms with van der Waals surface area (Å²) in [6.07, 6.45) is 1.05. The Morgan fingerprint density at radius 2 is 1.88 bits per heavy atom. The van der Waals surface area contributed by atoms with E-state index in [1.54, 1.807) is 12.1 Å². The monoisotopic (exact) mass is 361 g/mol. The molecule has 2 rings (SSSR count). The van der Waals surface area contributed by atoms with Crippen LogP contribution in [0.3, 0.4) is 0 Å². The number of non-ortho nitro benzene ring substituents is 1. The maximum absolute atomic E-state index is 12.4. The molecule has 0 heterocycles. The molecule has 0 aliphatic rings. The summed E-state index contributed by atoms with van der Waals surface area (Å²) in [6.45, 7) is 6.09. The first kappa shape index (κ1) is 18.7. The number of hydrogen-bond donors (Lipinski definition) is 1. The minimum absolute atomic E-state index is 0.0705. The van der Waals surface area contributed by atoms with E-state index in [2.05, 4.69) is 24.1 Å². The van der Waals surface area contributed by atoms with Gasteiger partial charge in [0.1, 0.15) is 0 Å². The molecule has 6 nitrogen and oxygen atoms in total. The lowest BCUT2D eigenvalue weighted by Gasteiger charge is -2.22. The van der Waals surface area contributed by atoms with Crippen molar-refractivity contribution in [2.24, 2.45) is 0 Å². The molecule has 0 bridgehead atoms. The Labute approximate surface area is 151 Å². The van der Waals surface area contributed by atoms with Crippen molar-refractivity contribution in [1.82, 2.24) is 0 Å². The number of carbonyl (C=O) groups is 1. The number of hydrogen-bond acceptors (Lipinski definition) is 4. The van der Waals surface area contributed by atoms with E-state index in [1.807, 2.05) is 12.1 Å². The molecular weight excluding hydrogens is 342 g/mol. The van der Waals surface area contributed by atoms with Gasteiger partial charge in [0, 0.05) is 36.6 Å². The predicted molar refractivity (Wildman–Crippen MR) is 101 cm³/mol. The van der Waals surface area contributed by atoms with Gasteiger partial charge in [-0.15, -0.1) is 0 Å². The molecule has 0 aliphatic carbocycles. The summed E-state index contributed by atoms with van der Waals surface area (Å²) < 4.78 is 0. The van der Waals surface area contributed by atoms with Crippen LogP contribution in [0, 0.1) is 10.1 Å². The number of anilines is 2. The van der Waals surface area contributed by atoms with Crippen LogP contribution in [-0.4, -0.2) is 23.9 Å². The fourth-order valence-corrected chi connectivity index (χ4v) is 2.70. The van der Waals surface area contributed by atoms with Crippen molar-refractivity contribution in [3.05, 3.63) is 63.2 Å². The standard InChI is InChI=1S/C18H20ClN3O3/c1-3-11-21(4-2)14-7-5-13(6-8-14)20-18(23)16-12-15(22(24)25)9-10-17(16)19/h5-10,12H,3-4,11H2,1-2H3,(H,20,23). The summed E-state index contributed by atoms with van der Waals surface area (Å²) in [6, 6.07) is 11.3. The molecule has 0 spiro atoms. The molecule has 0 fully saturated rings. The van der Waals surface area contributed by atoms with E-state index in [0.29, 0.717) is 5.69 Å². The van der Waals surface area contributed by atoms with E-state index in [4.69, 9.17) is 11.6 Å². The van der Waals surface area contributed by atoms with Crippen LogP contribution >= 0.6 is 11.6 Å². The molecule has 132 valence electrons. The van der Waals surface area contributed by atoms with Crippen LogP contribution in [0.1, 0.15) is 30.6 Å². The number of benzene rings is 2. The maximum Gasteiger partial charge on any atom is 0.270 e. The van der Waals surface area contributed by atoms with Crippen molar-refractivity contribution in [2.75, 3.05) is 23.3 Å². The molecule has 2 aromatic rings. The molecule has 1 N–H and O–H groups in total.